The summed E-state index contributed by atoms with van der Waals surface area (Å²) >= 11 is 0. The molecule has 0 aliphatic carbocycles. The highest BCUT2D eigenvalue weighted by atomic mass is 16.5. The minimum absolute atomic E-state index is 0.219. The van der Waals surface area contributed by atoms with Gasteiger partial charge in [0.15, 0.2) is 11.5 Å². The van der Waals surface area contributed by atoms with Crippen molar-refractivity contribution in [1.29, 1.82) is 0 Å². The minimum atomic E-state index is -0.736. The van der Waals surface area contributed by atoms with E-state index in [2.05, 4.69) is 15.4 Å². The summed E-state index contributed by atoms with van der Waals surface area (Å²) < 4.78 is 20.2. The number of amides is 2. The number of urea groups is 1. The molecule has 0 spiro atoms. The number of carbonyl (C=O) groups excluding carboxylic acids is 2. The highest BCUT2D eigenvalue weighted by Gasteiger charge is 2.16. The quantitative estimate of drug-likeness (QED) is 0.728. The first-order chi connectivity index (χ1) is 11.0. The van der Waals surface area contributed by atoms with Crippen LogP contribution in [0.1, 0.15) is 12.5 Å². The van der Waals surface area contributed by atoms with E-state index in [0.29, 0.717) is 17.2 Å². The Bertz CT molecular complexity index is 536. The molecular weight excluding hydrogens is 304 g/mol. The molecular formula is C15H22N2O6. The first-order valence-electron chi connectivity index (χ1n) is 6.87. The number of hydrogen-bond acceptors (Lipinski definition) is 6. The topological polar surface area (TPSA) is 95.1 Å². The van der Waals surface area contributed by atoms with Crippen LogP contribution in [0.5, 0.6) is 17.2 Å². The number of nitrogens with one attached hydrogen (secondary N) is 2. The fourth-order valence-electron chi connectivity index (χ4n) is 1.90. The second-order valence-corrected chi connectivity index (χ2v) is 4.61. The largest absolute Gasteiger partial charge is 0.493 e. The Labute approximate surface area is 135 Å². The number of carbonyl (C=O) groups is 2. The molecule has 2 amide bonds. The Morgan fingerprint density at radius 3 is 2.04 bits per heavy atom. The molecule has 2 N–H and O–H groups in total. The molecule has 23 heavy (non-hydrogen) atoms. The lowest BCUT2D eigenvalue weighted by Crippen LogP contribution is -2.44. The van der Waals surface area contributed by atoms with E-state index < -0.39 is 18.0 Å². The van der Waals surface area contributed by atoms with Crippen LogP contribution in [0.3, 0.4) is 0 Å². The fraction of sp³-hybridized carbons (Fsp3) is 0.467. The molecule has 1 unspecified atom stereocenters. The predicted molar refractivity (Wildman–Crippen MR) is 82.9 cm³/mol. The van der Waals surface area contributed by atoms with Crippen LogP contribution in [0.4, 0.5) is 4.79 Å². The van der Waals surface area contributed by atoms with Crippen molar-refractivity contribution < 1.29 is 28.5 Å². The third-order valence-corrected chi connectivity index (χ3v) is 3.08. The Morgan fingerprint density at radius 1 is 1.04 bits per heavy atom. The zero-order valence-electron chi connectivity index (χ0n) is 13.9. The maximum Gasteiger partial charge on any atom is 0.328 e. The molecule has 8 nitrogen and oxygen atoms in total. The van der Waals surface area contributed by atoms with Gasteiger partial charge >= 0.3 is 12.0 Å². The molecule has 1 rings (SSSR count). The molecule has 8 heteroatoms. The van der Waals surface area contributed by atoms with Gasteiger partial charge in [0.1, 0.15) is 6.04 Å². The molecule has 0 bridgehead atoms. The number of methoxy groups -OCH3 is 4. The van der Waals surface area contributed by atoms with Crippen molar-refractivity contribution in [3.8, 4) is 17.2 Å². The van der Waals surface area contributed by atoms with Crippen molar-refractivity contribution >= 4 is 12.0 Å². The highest BCUT2D eigenvalue weighted by Crippen LogP contribution is 2.38. The van der Waals surface area contributed by atoms with Gasteiger partial charge in [-0.3, -0.25) is 0 Å². The van der Waals surface area contributed by atoms with Gasteiger partial charge in [-0.2, -0.15) is 0 Å². The van der Waals surface area contributed by atoms with Crippen molar-refractivity contribution in [2.75, 3.05) is 28.4 Å². The van der Waals surface area contributed by atoms with Gasteiger partial charge < -0.3 is 29.6 Å². The first kappa shape index (κ1) is 18.4. The number of ether oxygens (including phenoxy) is 4. The van der Waals surface area contributed by atoms with Gasteiger partial charge in [0, 0.05) is 6.54 Å². The van der Waals surface area contributed by atoms with Crippen LogP contribution in [0.25, 0.3) is 0 Å². The van der Waals surface area contributed by atoms with Crippen LogP contribution < -0.4 is 24.8 Å². The molecule has 1 aromatic rings. The van der Waals surface area contributed by atoms with Crippen LogP contribution in [0.15, 0.2) is 12.1 Å². The zero-order valence-corrected chi connectivity index (χ0v) is 13.9. The van der Waals surface area contributed by atoms with Crippen LogP contribution in [-0.4, -0.2) is 46.5 Å². The maximum absolute atomic E-state index is 11.8. The molecule has 0 aliphatic heterocycles. The molecule has 0 aromatic heterocycles. The Hall–Kier alpha value is -2.64. The lowest BCUT2D eigenvalue weighted by atomic mass is 10.2. The summed E-state index contributed by atoms with van der Waals surface area (Å²) in [6, 6.07) is 2.23. The standard InChI is InChI=1S/C15H22N2O6/c1-9(14(18)23-5)17-15(19)16-8-10-6-11(20-2)13(22-4)12(7-10)21-3/h6-7,9H,8H2,1-5H3,(H2,16,17,19). The summed E-state index contributed by atoms with van der Waals surface area (Å²) in [6.45, 7) is 1.75. The summed E-state index contributed by atoms with van der Waals surface area (Å²) in [5.41, 5.74) is 0.750. The molecule has 0 fully saturated rings. The average Bonchev–Trinajstić information content (AvgIpc) is 2.57. The zero-order chi connectivity index (χ0) is 17.4. The number of benzene rings is 1. The average molecular weight is 326 g/mol. The lowest BCUT2D eigenvalue weighted by Gasteiger charge is -2.15. The van der Waals surface area contributed by atoms with Gasteiger partial charge in [-0.05, 0) is 24.6 Å². The van der Waals surface area contributed by atoms with Gasteiger partial charge in [-0.1, -0.05) is 0 Å². The first-order valence-corrected chi connectivity index (χ1v) is 6.87. The molecule has 0 saturated heterocycles. The molecule has 128 valence electrons. The number of hydrogen-bond donors (Lipinski definition) is 2. The summed E-state index contributed by atoms with van der Waals surface area (Å²) in [6.07, 6.45) is 0. The van der Waals surface area contributed by atoms with E-state index in [1.54, 1.807) is 12.1 Å². The maximum atomic E-state index is 11.8. The second kappa shape index (κ2) is 8.72. The molecule has 0 aliphatic rings. The van der Waals surface area contributed by atoms with E-state index in [9.17, 15) is 9.59 Å². The third kappa shape index (κ3) is 4.94. The Kier molecular flexibility index (Phi) is 6.98. The summed E-state index contributed by atoms with van der Waals surface area (Å²) in [5.74, 6) is 0.939. The summed E-state index contributed by atoms with van der Waals surface area (Å²) in [5, 5.41) is 5.11. The van der Waals surface area contributed by atoms with E-state index in [-0.39, 0.29) is 6.54 Å². The fourth-order valence-corrected chi connectivity index (χ4v) is 1.90. The van der Waals surface area contributed by atoms with Crippen LogP contribution >= 0.6 is 0 Å². The van der Waals surface area contributed by atoms with E-state index in [0.717, 1.165) is 5.56 Å². The van der Waals surface area contributed by atoms with Gasteiger partial charge in [-0.15, -0.1) is 0 Å². The lowest BCUT2D eigenvalue weighted by molar-refractivity contribution is -0.142. The number of rotatable bonds is 7. The van der Waals surface area contributed by atoms with Crippen molar-refractivity contribution in [3.63, 3.8) is 0 Å². The molecule has 0 radical (unpaired) electrons. The van der Waals surface area contributed by atoms with Crippen LogP contribution in [-0.2, 0) is 16.1 Å². The molecule has 0 saturated carbocycles. The van der Waals surface area contributed by atoms with E-state index in [1.165, 1.54) is 35.4 Å². The van der Waals surface area contributed by atoms with Crippen molar-refractivity contribution in [2.45, 2.75) is 19.5 Å². The monoisotopic (exact) mass is 326 g/mol. The third-order valence-electron chi connectivity index (χ3n) is 3.08. The van der Waals surface area contributed by atoms with Crippen molar-refractivity contribution in [2.24, 2.45) is 0 Å². The second-order valence-electron chi connectivity index (χ2n) is 4.61. The van der Waals surface area contributed by atoms with Crippen molar-refractivity contribution in [1.82, 2.24) is 10.6 Å². The summed E-state index contributed by atoms with van der Waals surface area (Å²) in [4.78, 5) is 23.0. The van der Waals surface area contributed by atoms with Gasteiger partial charge in [0.2, 0.25) is 5.75 Å². The minimum Gasteiger partial charge on any atom is -0.493 e. The van der Waals surface area contributed by atoms with Crippen LogP contribution in [0.2, 0.25) is 0 Å². The number of esters is 1. The smallest absolute Gasteiger partial charge is 0.328 e. The van der Waals surface area contributed by atoms with E-state index in [1.807, 2.05) is 0 Å². The van der Waals surface area contributed by atoms with Crippen molar-refractivity contribution in [3.05, 3.63) is 17.7 Å². The molecule has 0 heterocycles. The molecule has 1 aromatic carbocycles. The Balaban J connectivity index is 2.74. The van der Waals surface area contributed by atoms with Crippen LogP contribution in [0, 0.1) is 0 Å². The Morgan fingerprint density at radius 2 is 1.61 bits per heavy atom. The van der Waals surface area contributed by atoms with Gasteiger partial charge in [0.05, 0.1) is 28.4 Å². The van der Waals surface area contributed by atoms with E-state index in [4.69, 9.17) is 14.2 Å². The van der Waals surface area contributed by atoms with E-state index >= 15 is 0 Å². The SMILES string of the molecule is COC(=O)C(C)NC(=O)NCc1cc(OC)c(OC)c(OC)c1. The normalized spacial score (nSPS) is 11.2. The van der Waals surface area contributed by atoms with Gasteiger partial charge in [0.25, 0.3) is 0 Å². The molecule has 1 atom stereocenters. The predicted octanol–water partition coefficient (Wildman–Crippen LogP) is 1.07. The highest BCUT2D eigenvalue weighted by molar-refractivity contribution is 5.83. The van der Waals surface area contributed by atoms with Gasteiger partial charge in [-0.25, -0.2) is 9.59 Å². The summed E-state index contributed by atoms with van der Waals surface area (Å²) in [7, 11) is 5.80.